The quantitative estimate of drug-likeness (QED) is 0.621. The van der Waals surface area contributed by atoms with Gasteiger partial charge in [0.05, 0.1) is 0 Å². The van der Waals surface area contributed by atoms with Crippen LogP contribution in [0, 0.1) is 6.92 Å². The third-order valence-corrected chi connectivity index (χ3v) is 2.89. The molecule has 2 amide bonds. The number of nitrogens with one attached hydrogen (secondary N) is 2. The van der Waals surface area contributed by atoms with E-state index in [1.807, 2.05) is 13.0 Å². The van der Waals surface area contributed by atoms with Crippen molar-refractivity contribution in [2.24, 2.45) is 0 Å². The molecule has 1 aromatic rings. The van der Waals surface area contributed by atoms with Crippen LogP contribution in [0.15, 0.2) is 18.2 Å². The Morgan fingerprint density at radius 1 is 1.21 bits per heavy atom. The largest absolute Gasteiger partial charge is 0.326 e. The number of benzene rings is 1. The summed E-state index contributed by atoms with van der Waals surface area (Å²) in [5.74, 6) is 0.404. The van der Waals surface area contributed by atoms with Crippen LogP contribution in [-0.2, 0) is 9.59 Å². The lowest BCUT2D eigenvalue weighted by atomic mass is 10.1. The van der Waals surface area contributed by atoms with Crippen molar-refractivity contribution in [1.29, 1.82) is 0 Å². The Morgan fingerprint density at radius 3 is 2.58 bits per heavy atom. The number of anilines is 2. The molecule has 19 heavy (non-hydrogen) atoms. The van der Waals surface area contributed by atoms with E-state index in [-0.39, 0.29) is 11.8 Å². The van der Waals surface area contributed by atoms with Crippen LogP contribution in [0.3, 0.4) is 0 Å². The van der Waals surface area contributed by atoms with Crippen molar-refractivity contribution >= 4 is 34.8 Å². The first-order chi connectivity index (χ1) is 9.02. The second-order valence-corrected chi connectivity index (χ2v) is 4.78. The van der Waals surface area contributed by atoms with Crippen LogP contribution >= 0.6 is 11.6 Å². The van der Waals surface area contributed by atoms with Gasteiger partial charge in [-0.1, -0.05) is 6.07 Å². The van der Waals surface area contributed by atoms with Crippen LogP contribution in [0.25, 0.3) is 0 Å². The number of amides is 2. The summed E-state index contributed by atoms with van der Waals surface area (Å²) in [6.45, 7) is 3.36. The molecular formula is C14H19ClN2O2. The monoisotopic (exact) mass is 282 g/mol. The topological polar surface area (TPSA) is 58.2 Å². The molecule has 104 valence electrons. The second-order valence-electron chi connectivity index (χ2n) is 4.41. The van der Waals surface area contributed by atoms with Gasteiger partial charge in [-0.05, 0) is 37.5 Å². The zero-order valence-corrected chi connectivity index (χ0v) is 12.0. The predicted octanol–water partition coefficient (Wildman–Crippen LogP) is 3.30. The fraction of sp³-hybridized carbons (Fsp3) is 0.429. The molecule has 0 aliphatic rings. The molecule has 0 saturated heterocycles. The Bertz CT molecular complexity index is 461. The van der Waals surface area contributed by atoms with Crippen molar-refractivity contribution in [1.82, 2.24) is 0 Å². The lowest BCUT2D eigenvalue weighted by molar-refractivity contribution is -0.116. The minimum Gasteiger partial charge on any atom is -0.326 e. The Labute approximate surface area is 118 Å². The lowest BCUT2D eigenvalue weighted by Gasteiger charge is -2.10. The number of unbranched alkanes of at least 4 members (excludes halogenated alkanes) is 1. The molecule has 0 aliphatic heterocycles. The van der Waals surface area contributed by atoms with Crippen molar-refractivity contribution < 1.29 is 9.59 Å². The van der Waals surface area contributed by atoms with Gasteiger partial charge in [-0.2, -0.15) is 0 Å². The van der Waals surface area contributed by atoms with E-state index in [1.54, 1.807) is 12.1 Å². The third kappa shape index (κ3) is 5.75. The van der Waals surface area contributed by atoms with Crippen molar-refractivity contribution in [2.75, 3.05) is 16.5 Å². The molecule has 0 saturated carbocycles. The van der Waals surface area contributed by atoms with E-state index in [1.165, 1.54) is 6.92 Å². The molecule has 0 fully saturated rings. The molecule has 0 unspecified atom stereocenters. The van der Waals surface area contributed by atoms with Crippen molar-refractivity contribution in [3.05, 3.63) is 23.8 Å². The number of aryl methyl sites for hydroxylation is 1. The van der Waals surface area contributed by atoms with Crippen molar-refractivity contribution in [3.8, 4) is 0 Å². The molecule has 5 heteroatoms. The number of halogens is 1. The number of hydrogen-bond donors (Lipinski definition) is 2. The number of hydrogen-bond acceptors (Lipinski definition) is 2. The van der Waals surface area contributed by atoms with Gasteiger partial charge in [0.25, 0.3) is 0 Å². The summed E-state index contributed by atoms with van der Waals surface area (Å²) in [7, 11) is 0. The molecule has 0 aliphatic carbocycles. The molecular weight excluding hydrogens is 264 g/mol. The fourth-order valence-corrected chi connectivity index (χ4v) is 1.82. The van der Waals surface area contributed by atoms with E-state index >= 15 is 0 Å². The van der Waals surface area contributed by atoms with E-state index in [9.17, 15) is 9.59 Å². The molecule has 0 heterocycles. The highest BCUT2D eigenvalue weighted by atomic mass is 35.5. The molecule has 0 aromatic heterocycles. The maximum atomic E-state index is 11.7. The van der Waals surface area contributed by atoms with Gasteiger partial charge in [-0.3, -0.25) is 9.59 Å². The summed E-state index contributed by atoms with van der Waals surface area (Å²) in [6.07, 6.45) is 2.07. The standard InChI is InChI=1S/C14H19ClN2O2/c1-10-6-7-12(16-11(2)18)9-13(10)17-14(19)5-3-4-8-15/h6-7,9H,3-5,8H2,1-2H3,(H,16,18)(H,17,19). The van der Waals surface area contributed by atoms with Crippen LogP contribution in [0.4, 0.5) is 11.4 Å². The van der Waals surface area contributed by atoms with Gasteiger partial charge in [-0.25, -0.2) is 0 Å². The molecule has 0 atom stereocenters. The molecule has 2 N–H and O–H groups in total. The Hall–Kier alpha value is -1.55. The number of carbonyl (C=O) groups is 2. The van der Waals surface area contributed by atoms with Crippen LogP contribution in [0.5, 0.6) is 0 Å². The van der Waals surface area contributed by atoms with E-state index in [2.05, 4.69) is 10.6 Å². The molecule has 4 nitrogen and oxygen atoms in total. The average molecular weight is 283 g/mol. The maximum Gasteiger partial charge on any atom is 0.224 e. The van der Waals surface area contributed by atoms with Crippen LogP contribution in [0.2, 0.25) is 0 Å². The van der Waals surface area contributed by atoms with Gasteiger partial charge in [0.1, 0.15) is 0 Å². The first-order valence-corrected chi connectivity index (χ1v) is 6.80. The van der Waals surface area contributed by atoms with Gasteiger partial charge >= 0.3 is 0 Å². The van der Waals surface area contributed by atoms with Crippen LogP contribution in [0.1, 0.15) is 31.7 Å². The van der Waals surface area contributed by atoms with Gasteiger partial charge in [-0.15, -0.1) is 11.6 Å². The van der Waals surface area contributed by atoms with Crippen LogP contribution in [-0.4, -0.2) is 17.7 Å². The summed E-state index contributed by atoms with van der Waals surface area (Å²) in [6, 6.07) is 5.43. The molecule has 0 radical (unpaired) electrons. The summed E-state index contributed by atoms with van der Waals surface area (Å²) in [5, 5.41) is 5.54. The normalized spacial score (nSPS) is 10.1. The van der Waals surface area contributed by atoms with Gasteiger partial charge in [0.15, 0.2) is 0 Å². The Kier molecular flexibility index (Phi) is 6.36. The summed E-state index contributed by atoms with van der Waals surface area (Å²) in [5.41, 5.74) is 2.36. The average Bonchev–Trinajstić information content (AvgIpc) is 2.33. The third-order valence-electron chi connectivity index (χ3n) is 2.62. The second kappa shape index (κ2) is 7.79. The lowest BCUT2D eigenvalue weighted by Crippen LogP contribution is -2.13. The smallest absolute Gasteiger partial charge is 0.224 e. The van der Waals surface area contributed by atoms with Crippen molar-refractivity contribution in [2.45, 2.75) is 33.1 Å². The number of carbonyl (C=O) groups excluding carboxylic acids is 2. The highest BCUT2D eigenvalue weighted by molar-refractivity contribution is 6.17. The van der Waals surface area contributed by atoms with Crippen LogP contribution < -0.4 is 10.6 Å². The van der Waals surface area contributed by atoms with E-state index in [0.29, 0.717) is 18.0 Å². The minimum absolute atomic E-state index is 0.0341. The number of rotatable bonds is 6. The molecule has 1 aromatic carbocycles. The zero-order valence-electron chi connectivity index (χ0n) is 11.3. The van der Waals surface area contributed by atoms with Gasteiger partial charge in [0.2, 0.25) is 11.8 Å². The Balaban J connectivity index is 2.65. The van der Waals surface area contributed by atoms with Crippen molar-refractivity contribution in [3.63, 3.8) is 0 Å². The summed E-state index contributed by atoms with van der Waals surface area (Å²) >= 11 is 5.57. The fourth-order valence-electron chi connectivity index (χ4n) is 1.63. The molecule has 1 rings (SSSR count). The molecule has 0 spiro atoms. The van der Waals surface area contributed by atoms with Gasteiger partial charge in [0, 0.05) is 30.6 Å². The summed E-state index contributed by atoms with van der Waals surface area (Å²) < 4.78 is 0. The van der Waals surface area contributed by atoms with E-state index in [4.69, 9.17) is 11.6 Å². The first-order valence-electron chi connectivity index (χ1n) is 6.27. The van der Waals surface area contributed by atoms with Gasteiger partial charge < -0.3 is 10.6 Å². The first kappa shape index (κ1) is 15.5. The highest BCUT2D eigenvalue weighted by Gasteiger charge is 2.06. The molecule has 0 bridgehead atoms. The minimum atomic E-state index is -0.136. The van der Waals surface area contributed by atoms with E-state index < -0.39 is 0 Å². The number of alkyl halides is 1. The predicted molar refractivity (Wildman–Crippen MR) is 78.7 cm³/mol. The highest BCUT2D eigenvalue weighted by Crippen LogP contribution is 2.20. The maximum absolute atomic E-state index is 11.7. The van der Waals surface area contributed by atoms with E-state index in [0.717, 1.165) is 24.1 Å². The Morgan fingerprint density at radius 2 is 1.95 bits per heavy atom. The zero-order chi connectivity index (χ0) is 14.3. The summed E-state index contributed by atoms with van der Waals surface area (Å²) in [4.78, 5) is 22.7. The SMILES string of the molecule is CC(=O)Nc1ccc(C)c(NC(=O)CCCCCl)c1.